The predicted octanol–water partition coefficient (Wildman–Crippen LogP) is -2.05. The number of carboxylic acids is 1. The first-order valence-corrected chi connectivity index (χ1v) is 5.46. The summed E-state index contributed by atoms with van der Waals surface area (Å²) >= 11 is 0. The molecule has 0 aromatic heterocycles. The van der Waals surface area contributed by atoms with Crippen LogP contribution in [0.2, 0.25) is 0 Å². The van der Waals surface area contributed by atoms with Crippen LogP contribution in [0.1, 0.15) is 25.7 Å². The van der Waals surface area contributed by atoms with Gasteiger partial charge in [-0.1, -0.05) is 0 Å². The summed E-state index contributed by atoms with van der Waals surface area (Å²) in [5, 5.41) is 27.9. The second-order valence-corrected chi connectivity index (χ2v) is 3.85. The third-order valence-corrected chi connectivity index (χ3v) is 2.23. The Morgan fingerprint density at radius 1 is 1.22 bits per heavy atom. The van der Waals surface area contributed by atoms with Crippen LogP contribution < -0.4 is 11.1 Å². The van der Waals surface area contributed by atoms with Gasteiger partial charge in [-0.25, -0.2) is 0 Å². The van der Waals surface area contributed by atoms with Crippen LogP contribution in [0.5, 0.6) is 0 Å². The molecule has 8 nitrogen and oxygen atoms in total. The molecule has 0 rings (SSSR count). The van der Waals surface area contributed by atoms with E-state index in [1.807, 2.05) is 0 Å². The average Bonchev–Trinajstić information content (AvgIpc) is 2.30. The molecule has 0 spiro atoms. The maximum atomic E-state index is 11.5. The first kappa shape index (κ1) is 16.5. The van der Waals surface area contributed by atoms with Crippen molar-refractivity contribution in [3.05, 3.63) is 0 Å². The van der Waals surface area contributed by atoms with Crippen molar-refractivity contribution >= 4 is 18.2 Å². The van der Waals surface area contributed by atoms with Gasteiger partial charge >= 0.3 is 5.97 Å². The van der Waals surface area contributed by atoms with Crippen molar-refractivity contribution in [2.24, 2.45) is 5.73 Å². The number of nitrogens with two attached hydrogens (primary N) is 1. The molecule has 0 aliphatic rings. The molecule has 0 bridgehead atoms. The van der Waals surface area contributed by atoms with Gasteiger partial charge in [-0.05, 0) is 19.3 Å². The SMILES string of the molecule is N[C@H](CCC(O)O)C(=O)N[C@@H](C=O)CCC(=O)O. The summed E-state index contributed by atoms with van der Waals surface area (Å²) in [5.74, 6) is -1.69. The molecule has 104 valence electrons. The highest BCUT2D eigenvalue weighted by molar-refractivity contribution is 5.84. The average molecular weight is 262 g/mol. The zero-order chi connectivity index (χ0) is 14.1. The highest BCUT2D eigenvalue weighted by Gasteiger charge is 2.18. The number of aliphatic hydroxyl groups is 2. The number of aliphatic hydroxyl groups excluding tert-OH is 1. The topological polar surface area (TPSA) is 150 Å². The van der Waals surface area contributed by atoms with Gasteiger partial charge in [0.2, 0.25) is 5.91 Å². The Bertz CT molecular complexity index is 294. The van der Waals surface area contributed by atoms with Gasteiger partial charge in [0.1, 0.15) is 6.29 Å². The van der Waals surface area contributed by atoms with Gasteiger partial charge in [-0.2, -0.15) is 0 Å². The predicted molar refractivity (Wildman–Crippen MR) is 60.3 cm³/mol. The Kier molecular flexibility index (Phi) is 7.84. The summed E-state index contributed by atoms with van der Waals surface area (Å²) in [4.78, 5) is 32.4. The van der Waals surface area contributed by atoms with Gasteiger partial charge in [-0.15, -0.1) is 0 Å². The van der Waals surface area contributed by atoms with E-state index in [4.69, 9.17) is 21.1 Å². The Morgan fingerprint density at radius 2 is 1.83 bits per heavy atom. The van der Waals surface area contributed by atoms with E-state index in [0.29, 0.717) is 6.29 Å². The minimum absolute atomic E-state index is 0.0140. The molecule has 0 saturated carbocycles. The Morgan fingerprint density at radius 3 is 2.28 bits per heavy atom. The first-order valence-electron chi connectivity index (χ1n) is 5.46. The normalized spacial score (nSPS) is 14.0. The first-order chi connectivity index (χ1) is 8.36. The fourth-order valence-corrected chi connectivity index (χ4v) is 1.20. The van der Waals surface area contributed by atoms with Gasteiger partial charge in [0, 0.05) is 6.42 Å². The molecule has 0 aliphatic heterocycles. The summed E-state index contributed by atoms with van der Waals surface area (Å²) < 4.78 is 0. The Balaban J connectivity index is 4.08. The third kappa shape index (κ3) is 7.71. The van der Waals surface area contributed by atoms with Crippen LogP contribution >= 0.6 is 0 Å². The van der Waals surface area contributed by atoms with Crippen LogP contribution in [-0.2, 0) is 14.4 Å². The zero-order valence-electron chi connectivity index (χ0n) is 9.78. The van der Waals surface area contributed by atoms with Gasteiger partial charge in [0.05, 0.1) is 12.1 Å². The molecule has 0 aliphatic carbocycles. The minimum atomic E-state index is -1.54. The van der Waals surface area contributed by atoms with Crippen molar-refractivity contribution in [2.45, 2.75) is 44.1 Å². The summed E-state index contributed by atoms with van der Waals surface area (Å²) in [6, 6.07) is -1.88. The third-order valence-electron chi connectivity index (χ3n) is 2.23. The molecule has 0 aromatic rings. The number of hydrogen-bond donors (Lipinski definition) is 5. The second-order valence-electron chi connectivity index (χ2n) is 3.85. The molecule has 0 radical (unpaired) electrons. The largest absolute Gasteiger partial charge is 0.481 e. The second kappa shape index (κ2) is 8.56. The smallest absolute Gasteiger partial charge is 0.303 e. The van der Waals surface area contributed by atoms with Crippen molar-refractivity contribution in [1.82, 2.24) is 5.32 Å². The number of nitrogens with one attached hydrogen (secondary N) is 1. The molecule has 0 saturated heterocycles. The number of carboxylic acid groups (broad SMARTS) is 1. The van der Waals surface area contributed by atoms with Crippen LogP contribution in [0, 0.1) is 0 Å². The van der Waals surface area contributed by atoms with Crippen LogP contribution in [0.3, 0.4) is 0 Å². The van der Waals surface area contributed by atoms with E-state index in [1.165, 1.54) is 0 Å². The fraction of sp³-hybridized carbons (Fsp3) is 0.700. The molecular formula is C10H18N2O6. The summed E-state index contributed by atoms with van der Waals surface area (Å²) in [7, 11) is 0. The Hall–Kier alpha value is -1.51. The van der Waals surface area contributed by atoms with Gasteiger partial charge in [-0.3, -0.25) is 9.59 Å². The number of aldehydes is 1. The number of rotatable bonds is 9. The van der Waals surface area contributed by atoms with E-state index >= 15 is 0 Å². The van der Waals surface area contributed by atoms with Crippen LogP contribution in [0.25, 0.3) is 0 Å². The fourth-order valence-electron chi connectivity index (χ4n) is 1.20. The lowest BCUT2D eigenvalue weighted by Crippen LogP contribution is -2.46. The quantitative estimate of drug-likeness (QED) is 0.237. The molecule has 1 amide bonds. The van der Waals surface area contributed by atoms with Crippen molar-refractivity contribution in [2.75, 3.05) is 0 Å². The maximum Gasteiger partial charge on any atom is 0.303 e. The van der Waals surface area contributed by atoms with Crippen LogP contribution in [0.15, 0.2) is 0 Å². The van der Waals surface area contributed by atoms with Gasteiger partial charge in [0.15, 0.2) is 6.29 Å². The molecule has 6 N–H and O–H groups in total. The summed E-state index contributed by atoms with van der Waals surface area (Å²) in [6.07, 6.45) is -1.37. The van der Waals surface area contributed by atoms with Crippen molar-refractivity contribution in [3.8, 4) is 0 Å². The minimum Gasteiger partial charge on any atom is -0.481 e. The van der Waals surface area contributed by atoms with E-state index in [1.54, 1.807) is 0 Å². The van der Waals surface area contributed by atoms with E-state index in [0.717, 1.165) is 0 Å². The number of amides is 1. The van der Waals surface area contributed by atoms with E-state index in [-0.39, 0.29) is 25.7 Å². The van der Waals surface area contributed by atoms with Crippen molar-refractivity contribution < 1.29 is 29.7 Å². The lowest BCUT2D eigenvalue weighted by molar-refractivity contribution is -0.137. The lowest BCUT2D eigenvalue weighted by atomic mass is 10.1. The van der Waals surface area contributed by atoms with Crippen LogP contribution in [0.4, 0.5) is 0 Å². The lowest BCUT2D eigenvalue weighted by Gasteiger charge is -2.16. The number of carbonyl (C=O) groups is 3. The van der Waals surface area contributed by atoms with E-state index in [9.17, 15) is 14.4 Å². The number of hydrogen-bond acceptors (Lipinski definition) is 6. The molecule has 0 aromatic carbocycles. The molecule has 0 fully saturated rings. The molecule has 0 heterocycles. The molecule has 0 unspecified atom stereocenters. The van der Waals surface area contributed by atoms with Gasteiger partial charge in [0.25, 0.3) is 0 Å². The van der Waals surface area contributed by atoms with Gasteiger partial charge < -0.3 is 31.2 Å². The standard InChI is InChI=1S/C10H18N2O6/c11-7(2-4-9(16)17)10(18)12-6(5-13)1-3-8(14)15/h5-7,9,16-17H,1-4,11H2,(H,12,18)(H,14,15)/t6-,7-/m1/s1. The summed E-state index contributed by atoms with van der Waals surface area (Å²) in [5.41, 5.74) is 5.46. The molecule has 8 heteroatoms. The highest BCUT2D eigenvalue weighted by Crippen LogP contribution is 2.00. The Labute approximate surface area is 104 Å². The molecule has 2 atom stereocenters. The molecule has 18 heavy (non-hydrogen) atoms. The molecular weight excluding hydrogens is 244 g/mol. The number of carbonyl (C=O) groups excluding carboxylic acids is 2. The van der Waals surface area contributed by atoms with E-state index in [2.05, 4.69) is 5.32 Å². The van der Waals surface area contributed by atoms with Crippen LogP contribution in [-0.4, -0.2) is 51.9 Å². The zero-order valence-corrected chi connectivity index (χ0v) is 9.78. The van der Waals surface area contributed by atoms with Crippen molar-refractivity contribution in [3.63, 3.8) is 0 Å². The number of aliphatic carboxylic acids is 1. The maximum absolute atomic E-state index is 11.5. The highest BCUT2D eigenvalue weighted by atomic mass is 16.5. The van der Waals surface area contributed by atoms with Crippen molar-refractivity contribution in [1.29, 1.82) is 0 Å². The van der Waals surface area contributed by atoms with E-state index < -0.39 is 30.3 Å². The monoisotopic (exact) mass is 262 g/mol. The summed E-state index contributed by atoms with van der Waals surface area (Å²) in [6.45, 7) is 0.